The van der Waals surface area contributed by atoms with Crippen LogP contribution in [0.1, 0.15) is 31.6 Å². The van der Waals surface area contributed by atoms with E-state index in [0.29, 0.717) is 12.2 Å². The van der Waals surface area contributed by atoms with Crippen molar-refractivity contribution in [3.05, 3.63) is 60.1 Å². The summed E-state index contributed by atoms with van der Waals surface area (Å²) in [6, 6.07) is 12.3. The quantitative estimate of drug-likeness (QED) is 0.770. The first-order valence-electron chi connectivity index (χ1n) is 8.32. The molecule has 1 heterocycles. The smallest absolute Gasteiger partial charge is 0.408 e. The summed E-state index contributed by atoms with van der Waals surface area (Å²) >= 11 is 0. The molecular weight excluding hydrogens is 320 g/mol. The molecule has 25 heavy (non-hydrogen) atoms. The molecule has 6 nitrogen and oxygen atoms in total. The van der Waals surface area contributed by atoms with Crippen LogP contribution in [0.2, 0.25) is 0 Å². The number of alkyl carbamates (subject to hydrolysis) is 1. The Bertz CT molecular complexity index is 653. The van der Waals surface area contributed by atoms with Gasteiger partial charge in [0.2, 0.25) is 5.91 Å². The van der Waals surface area contributed by atoms with Gasteiger partial charge in [0, 0.05) is 0 Å². The van der Waals surface area contributed by atoms with Gasteiger partial charge in [0.1, 0.15) is 18.4 Å². The van der Waals surface area contributed by atoms with Crippen LogP contribution >= 0.6 is 0 Å². The zero-order chi connectivity index (χ0) is 18.1. The molecule has 2 N–H and O–H groups in total. The molecule has 0 aliphatic heterocycles. The molecule has 0 bridgehead atoms. The van der Waals surface area contributed by atoms with E-state index in [1.165, 1.54) is 0 Å². The summed E-state index contributed by atoms with van der Waals surface area (Å²) in [5.41, 5.74) is 0.889. The van der Waals surface area contributed by atoms with Gasteiger partial charge in [0.05, 0.1) is 12.8 Å². The van der Waals surface area contributed by atoms with Crippen LogP contribution in [-0.2, 0) is 22.7 Å². The van der Waals surface area contributed by atoms with Crippen molar-refractivity contribution in [3.63, 3.8) is 0 Å². The third-order valence-corrected chi connectivity index (χ3v) is 3.55. The minimum Gasteiger partial charge on any atom is -0.467 e. The van der Waals surface area contributed by atoms with Gasteiger partial charge in [-0.25, -0.2) is 4.79 Å². The first-order chi connectivity index (χ1) is 12.0. The highest BCUT2D eigenvalue weighted by Gasteiger charge is 2.22. The van der Waals surface area contributed by atoms with E-state index >= 15 is 0 Å². The Kier molecular flexibility index (Phi) is 7.07. The van der Waals surface area contributed by atoms with Crippen molar-refractivity contribution in [2.45, 2.75) is 39.5 Å². The van der Waals surface area contributed by atoms with Gasteiger partial charge in [-0.05, 0) is 30.0 Å². The van der Waals surface area contributed by atoms with Crippen LogP contribution in [0.15, 0.2) is 53.1 Å². The summed E-state index contributed by atoms with van der Waals surface area (Å²) in [7, 11) is 0. The van der Waals surface area contributed by atoms with Gasteiger partial charge in [-0.2, -0.15) is 0 Å². The highest BCUT2D eigenvalue weighted by Crippen LogP contribution is 2.07. The number of furan rings is 1. The van der Waals surface area contributed by atoms with Crippen LogP contribution in [0.25, 0.3) is 0 Å². The fraction of sp³-hybridized carbons (Fsp3) is 0.368. The highest BCUT2D eigenvalue weighted by atomic mass is 16.5. The van der Waals surface area contributed by atoms with E-state index in [2.05, 4.69) is 10.6 Å². The maximum absolute atomic E-state index is 12.4. The maximum atomic E-state index is 12.4. The lowest BCUT2D eigenvalue weighted by molar-refractivity contribution is -0.123. The number of hydrogen-bond acceptors (Lipinski definition) is 4. The average Bonchev–Trinajstić information content (AvgIpc) is 3.11. The van der Waals surface area contributed by atoms with Crippen LogP contribution in [0.3, 0.4) is 0 Å². The number of nitrogens with one attached hydrogen (secondary N) is 2. The van der Waals surface area contributed by atoms with Crippen molar-refractivity contribution >= 4 is 12.0 Å². The fourth-order valence-electron chi connectivity index (χ4n) is 2.32. The first-order valence-corrected chi connectivity index (χ1v) is 8.32. The first kappa shape index (κ1) is 18.6. The zero-order valence-electron chi connectivity index (χ0n) is 14.5. The molecule has 0 unspecified atom stereocenters. The molecular formula is C19H24N2O4. The van der Waals surface area contributed by atoms with E-state index in [4.69, 9.17) is 9.15 Å². The molecule has 2 amide bonds. The predicted octanol–water partition coefficient (Wildman–Crippen LogP) is 3.24. The summed E-state index contributed by atoms with van der Waals surface area (Å²) in [6.07, 6.45) is 1.46. The number of ether oxygens (including phenoxy) is 1. The third-order valence-electron chi connectivity index (χ3n) is 3.55. The summed E-state index contributed by atoms with van der Waals surface area (Å²) in [4.78, 5) is 24.4. The third kappa shape index (κ3) is 6.71. The number of hydrogen-bond donors (Lipinski definition) is 2. The van der Waals surface area contributed by atoms with Crippen LogP contribution in [-0.4, -0.2) is 18.0 Å². The van der Waals surface area contributed by atoms with Crippen molar-refractivity contribution in [1.82, 2.24) is 10.6 Å². The molecule has 0 saturated carbocycles. The monoisotopic (exact) mass is 344 g/mol. The molecule has 2 rings (SSSR count). The molecule has 1 atom stereocenters. The van der Waals surface area contributed by atoms with Gasteiger partial charge in [0.15, 0.2) is 0 Å². The second kappa shape index (κ2) is 9.52. The van der Waals surface area contributed by atoms with E-state index in [1.807, 2.05) is 44.2 Å². The molecule has 0 saturated heterocycles. The lowest BCUT2D eigenvalue weighted by atomic mass is 10.0. The SMILES string of the molecule is CC(C)C[C@@H](NC(=O)OCc1ccccc1)C(=O)NCc1ccco1. The summed E-state index contributed by atoms with van der Waals surface area (Å²) < 4.78 is 10.4. The van der Waals surface area contributed by atoms with E-state index in [0.717, 1.165) is 5.56 Å². The fourth-order valence-corrected chi connectivity index (χ4v) is 2.32. The molecule has 6 heteroatoms. The topological polar surface area (TPSA) is 80.6 Å². The Morgan fingerprint density at radius 2 is 1.88 bits per heavy atom. The van der Waals surface area contributed by atoms with E-state index in [1.54, 1.807) is 18.4 Å². The van der Waals surface area contributed by atoms with Crippen molar-refractivity contribution in [3.8, 4) is 0 Å². The molecule has 1 aromatic carbocycles. The summed E-state index contributed by atoms with van der Waals surface area (Å²) in [6.45, 7) is 4.42. The second-order valence-corrected chi connectivity index (χ2v) is 6.19. The van der Waals surface area contributed by atoms with Gasteiger partial charge in [-0.1, -0.05) is 44.2 Å². The van der Waals surface area contributed by atoms with Crippen molar-refractivity contribution in [2.75, 3.05) is 0 Å². The van der Waals surface area contributed by atoms with Gasteiger partial charge in [0.25, 0.3) is 0 Å². The molecule has 0 aliphatic carbocycles. The second-order valence-electron chi connectivity index (χ2n) is 6.19. The minimum absolute atomic E-state index is 0.162. The van der Waals surface area contributed by atoms with Gasteiger partial charge < -0.3 is 19.8 Å². The molecule has 0 spiro atoms. The zero-order valence-corrected chi connectivity index (χ0v) is 14.5. The largest absolute Gasteiger partial charge is 0.467 e. The summed E-state index contributed by atoms with van der Waals surface area (Å²) in [5, 5.41) is 5.41. The molecule has 2 aromatic rings. The number of rotatable bonds is 8. The standard InChI is InChI=1S/C19H24N2O4/c1-14(2)11-17(18(22)20-12-16-9-6-10-24-16)21-19(23)25-13-15-7-4-3-5-8-15/h3-10,14,17H,11-13H2,1-2H3,(H,20,22)(H,21,23)/t17-/m1/s1. The Balaban J connectivity index is 1.85. The van der Waals surface area contributed by atoms with Crippen molar-refractivity contribution < 1.29 is 18.7 Å². The molecule has 0 fully saturated rings. The Labute approximate surface area is 147 Å². The minimum atomic E-state index is -0.654. The molecule has 1 aromatic heterocycles. The highest BCUT2D eigenvalue weighted by molar-refractivity contribution is 5.85. The van der Waals surface area contributed by atoms with Crippen molar-refractivity contribution in [1.29, 1.82) is 0 Å². The lowest BCUT2D eigenvalue weighted by Crippen LogP contribution is -2.47. The molecule has 134 valence electrons. The number of carbonyl (C=O) groups is 2. The number of amides is 2. The molecule has 0 aliphatic rings. The Morgan fingerprint density at radius 3 is 2.52 bits per heavy atom. The van der Waals surface area contributed by atoms with Crippen LogP contribution < -0.4 is 10.6 Å². The van der Waals surface area contributed by atoms with Crippen LogP contribution in [0, 0.1) is 5.92 Å². The van der Waals surface area contributed by atoms with E-state index < -0.39 is 12.1 Å². The normalized spacial score (nSPS) is 11.8. The average molecular weight is 344 g/mol. The van der Waals surface area contributed by atoms with Crippen LogP contribution in [0.4, 0.5) is 4.79 Å². The van der Waals surface area contributed by atoms with Gasteiger partial charge >= 0.3 is 6.09 Å². The Hall–Kier alpha value is -2.76. The predicted molar refractivity (Wildman–Crippen MR) is 93.6 cm³/mol. The van der Waals surface area contributed by atoms with E-state index in [9.17, 15) is 9.59 Å². The van der Waals surface area contributed by atoms with Gasteiger partial charge in [-0.15, -0.1) is 0 Å². The number of benzene rings is 1. The van der Waals surface area contributed by atoms with Gasteiger partial charge in [-0.3, -0.25) is 4.79 Å². The molecule has 0 radical (unpaired) electrons. The van der Waals surface area contributed by atoms with Crippen molar-refractivity contribution in [2.24, 2.45) is 5.92 Å². The summed E-state index contributed by atoms with van der Waals surface area (Å²) in [5.74, 6) is 0.638. The Morgan fingerprint density at radius 1 is 1.12 bits per heavy atom. The lowest BCUT2D eigenvalue weighted by Gasteiger charge is -2.19. The van der Waals surface area contributed by atoms with Crippen LogP contribution in [0.5, 0.6) is 0 Å². The maximum Gasteiger partial charge on any atom is 0.408 e. The number of carbonyl (C=O) groups excluding carboxylic acids is 2. The van der Waals surface area contributed by atoms with E-state index in [-0.39, 0.29) is 25.0 Å².